The Morgan fingerprint density at radius 3 is 2.44 bits per heavy atom. The van der Waals surface area contributed by atoms with Crippen LogP contribution in [0.5, 0.6) is 0 Å². The molecule has 1 rings (SSSR count). The molecule has 1 saturated heterocycles. The molecule has 0 amide bonds. The molecule has 2 heteroatoms. The van der Waals surface area contributed by atoms with Gasteiger partial charge in [0.2, 0.25) is 0 Å². The van der Waals surface area contributed by atoms with Gasteiger partial charge in [-0.05, 0) is 18.9 Å². The molecule has 0 saturated carbocycles. The normalized spacial score (nSPS) is 36.0. The largest absolute Gasteiger partial charge is 0.315 e. The summed E-state index contributed by atoms with van der Waals surface area (Å²) >= 11 is 2.59. The van der Waals surface area contributed by atoms with Crippen LogP contribution in [-0.4, -0.2) is 16.5 Å². The highest BCUT2D eigenvalue weighted by molar-refractivity contribution is 14.1. The number of hydrogen-bond acceptors (Lipinski definition) is 1. The van der Waals surface area contributed by atoms with Crippen molar-refractivity contribution in [3.8, 4) is 0 Å². The fraction of sp³-hybridized carbons (Fsp3) is 1.00. The van der Waals surface area contributed by atoms with E-state index in [4.69, 9.17) is 0 Å². The number of nitrogens with one attached hydrogen (secondary N) is 1. The van der Waals surface area contributed by atoms with Crippen LogP contribution in [-0.2, 0) is 0 Å². The van der Waals surface area contributed by atoms with Crippen molar-refractivity contribution >= 4 is 22.6 Å². The molecule has 1 fully saturated rings. The van der Waals surface area contributed by atoms with E-state index in [2.05, 4.69) is 41.8 Å². The minimum Gasteiger partial charge on any atom is -0.315 e. The zero-order chi connectivity index (χ0) is 6.91. The Hall–Kier alpha value is 0.690. The number of hydrogen-bond donors (Lipinski definition) is 1. The summed E-state index contributed by atoms with van der Waals surface area (Å²) < 4.78 is 0.553. The maximum absolute atomic E-state index is 3.39. The lowest BCUT2D eigenvalue weighted by atomic mass is 9.95. The molecule has 0 unspecified atom stereocenters. The van der Waals surface area contributed by atoms with Crippen molar-refractivity contribution in [3.63, 3.8) is 0 Å². The molecule has 0 aliphatic carbocycles. The second kappa shape index (κ2) is 2.74. The molecule has 1 atom stereocenters. The third-order valence-electron chi connectivity index (χ3n) is 2.17. The van der Waals surface area contributed by atoms with Gasteiger partial charge in [0.15, 0.2) is 0 Å². The molecular formula is C7H14IN. The molecule has 0 radical (unpaired) electrons. The van der Waals surface area contributed by atoms with Crippen LogP contribution >= 0.6 is 22.6 Å². The van der Waals surface area contributed by atoms with Crippen LogP contribution in [0.4, 0.5) is 0 Å². The van der Waals surface area contributed by atoms with E-state index in [1.807, 2.05) is 0 Å². The molecule has 0 aromatic heterocycles. The van der Waals surface area contributed by atoms with Crippen LogP contribution < -0.4 is 5.32 Å². The van der Waals surface area contributed by atoms with Crippen LogP contribution in [0.1, 0.15) is 20.3 Å². The van der Waals surface area contributed by atoms with Gasteiger partial charge in [0.05, 0.1) is 0 Å². The predicted molar refractivity (Wildman–Crippen MR) is 49.1 cm³/mol. The second-order valence-electron chi connectivity index (χ2n) is 3.12. The maximum Gasteiger partial charge on any atom is 0.0381 e. The highest BCUT2D eigenvalue weighted by Crippen LogP contribution is 2.33. The van der Waals surface area contributed by atoms with Crippen molar-refractivity contribution in [2.45, 2.75) is 23.7 Å². The summed E-state index contributed by atoms with van der Waals surface area (Å²) in [6.45, 7) is 7.02. The van der Waals surface area contributed by atoms with Gasteiger partial charge in [-0.3, -0.25) is 0 Å². The summed E-state index contributed by atoms with van der Waals surface area (Å²) in [5, 5.41) is 3.39. The summed E-state index contributed by atoms with van der Waals surface area (Å²) in [5.41, 5.74) is 0. The molecule has 1 N–H and O–H groups in total. The van der Waals surface area contributed by atoms with Crippen molar-refractivity contribution in [3.05, 3.63) is 0 Å². The van der Waals surface area contributed by atoms with Crippen LogP contribution in [0.25, 0.3) is 0 Å². The standard InChI is InChI=1S/C7H14IN/c1-6(2)7(8)3-4-9-5-7/h6,9H,3-5H2,1-2H3/t7-/m0/s1. The summed E-state index contributed by atoms with van der Waals surface area (Å²) in [5.74, 6) is 0.813. The van der Waals surface area contributed by atoms with E-state index in [0.717, 1.165) is 5.92 Å². The molecule has 54 valence electrons. The molecule has 1 nitrogen and oxygen atoms in total. The molecule has 0 bridgehead atoms. The topological polar surface area (TPSA) is 12.0 Å². The van der Waals surface area contributed by atoms with Gasteiger partial charge in [-0.15, -0.1) is 0 Å². The minimum atomic E-state index is 0.553. The fourth-order valence-electron chi connectivity index (χ4n) is 1.17. The van der Waals surface area contributed by atoms with Crippen LogP contribution in [0.15, 0.2) is 0 Å². The van der Waals surface area contributed by atoms with E-state index in [1.165, 1.54) is 19.5 Å². The summed E-state index contributed by atoms with van der Waals surface area (Å²) in [7, 11) is 0. The average Bonchev–Trinajstić information content (AvgIpc) is 2.16. The predicted octanol–water partition coefficient (Wildman–Crippen LogP) is 1.81. The number of rotatable bonds is 1. The van der Waals surface area contributed by atoms with Crippen molar-refractivity contribution in [2.75, 3.05) is 13.1 Å². The third-order valence-corrected chi connectivity index (χ3v) is 4.34. The van der Waals surface area contributed by atoms with Crippen molar-refractivity contribution < 1.29 is 0 Å². The Morgan fingerprint density at radius 2 is 2.22 bits per heavy atom. The highest BCUT2D eigenvalue weighted by Gasteiger charge is 2.33. The quantitative estimate of drug-likeness (QED) is 0.543. The summed E-state index contributed by atoms with van der Waals surface area (Å²) in [6.07, 6.45) is 1.34. The van der Waals surface area contributed by atoms with Crippen LogP contribution in [0, 0.1) is 5.92 Å². The third kappa shape index (κ3) is 1.58. The Balaban J connectivity index is 2.51. The molecule has 0 spiro atoms. The zero-order valence-corrected chi connectivity index (χ0v) is 8.23. The first kappa shape index (κ1) is 7.79. The van der Waals surface area contributed by atoms with Crippen molar-refractivity contribution in [2.24, 2.45) is 5.92 Å². The molecule has 9 heavy (non-hydrogen) atoms. The van der Waals surface area contributed by atoms with Gasteiger partial charge < -0.3 is 5.32 Å². The van der Waals surface area contributed by atoms with Gasteiger partial charge in [-0.1, -0.05) is 36.4 Å². The maximum atomic E-state index is 3.39. The number of alkyl halides is 1. The minimum absolute atomic E-state index is 0.553. The first-order chi connectivity index (χ1) is 4.15. The highest BCUT2D eigenvalue weighted by atomic mass is 127. The summed E-state index contributed by atoms with van der Waals surface area (Å²) in [6, 6.07) is 0. The van der Waals surface area contributed by atoms with Crippen molar-refractivity contribution in [1.82, 2.24) is 5.32 Å². The lowest BCUT2D eigenvalue weighted by molar-refractivity contribution is 0.490. The van der Waals surface area contributed by atoms with Gasteiger partial charge in [0.25, 0.3) is 0 Å². The van der Waals surface area contributed by atoms with E-state index >= 15 is 0 Å². The molecule has 0 aromatic carbocycles. The van der Waals surface area contributed by atoms with Crippen LogP contribution in [0.2, 0.25) is 0 Å². The number of halogens is 1. The van der Waals surface area contributed by atoms with Gasteiger partial charge in [0.1, 0.15) is 0 Å². The summed E-state index contributed by atoms with van der Waals surface area (Å²) in [4.78, 5) is 0. The Labute approximate surface area is 70.7 Å². The molecule has 0 aromatic rings. The van der Waals surface area contributed by atoms with E-state index in [-0.39, 0.29) is 0 Å². The first-order valence-corrected chi connectivity index (χ1v) is 4.63. The molecule has 1 aliphatic rings. The van der Waals surface area contributed by atoms with E-state index in [1.54, 1.807) is 0 Å². The van der Waals surface area contributed by atoms with E-state index < -0.39 is 0 Å². The smallest absolute Gasteiger partial charge is 0.0381 e. The van der Waals surface area contributed by atoms with Gasteiger partial charge >= 0.3 is 0 Å². The van der Waals surface area contributed by atoms with Crippen molar-refractivity contribution in [1.29, 1.82) is 0 Å². The van der Waals surface area contributed by atoms with Gasteiger partial charge in [-0.2, -0.15) is 0 Å². The van der Waals surface area contributed by atoms with Crippen LogP contribution in [0.3, 0.4) is 0 Å². The Morgan fingerprint density at radius 1 is 1.56 bits per heavy atom. The Kier molecular flexibility index (Phi) is 2.37. The second-order valence-corrected chi connectivity index (χ2v) is 5.26. The fourth-order valence-corrected chi connectivity index (χ4v) is 1.71. The zero-order valence-electron chi connectivity index (χ0n) is 6.08. The van der Waals surface area contributed by atoms with E-state index in [0.29, 0.717) is 3.42 Å². The molecule has 1 aliphatic heterocycles. The lowest BCUT2D eigenvalue weighted by Gasteiger charge is -2.24. The molecular weight excluding hydrogens is 225 g/mol. The SMILES string of the molecule is CC(C)[C@]1(I)CCNC1. The molecule has 1 heterocycles. The van der Waals surface area contributed by atoms with Gasteiger partial charge in [0, 0.05) is 9.97 Å². The Bertz CT molecular complexity index is 95.1. The average molecular weight is 239 g/mol. The van der Waals surface area contributed by atoms with E-state index in [9.17, 15) is 0 Å². The lowest BCUT2D eigenvalue weighted by Crippen LogP contribution is -2.29. The van der Waals surface area contributed by atoms with Gasteiger partial charge in [-0.25, -0.2) is 0 Å². The monoisotopic (exact) mass is 239 g/mol. The first-order valence-electron chi connectivity index (χ1n) is 3.55.